The van der Waals surface area contributed by atoms with Crippen molar-refractivity contribution in [1.82, 2.24) is 0 Å². The molecule has 2 aromatic rings. The first-order chi connectivity index (χ1) is 9.50. The van der Waals surface area contributed by atoms with Crippen molar-refractivity contribution in [1.29, 1.82) is 0 Å². The topological polar surface area (TPSA) is 9.23 Å². The fourth-order valence-electron chi connectivity index (χ4n) is 1.72. The van der Waals surface area contributed by atoms with Crippen molar-refractivity contribution in [3.8, 4) is 5.75 Å². The molecular formula is C14H12ClF3OS. The number of rotatable bonds is 5. The molecule has 0 aliphatic heterocycles. The number of halogens is 4. The van der Waals surface area contributed by atoms with Gasteiger partial charge in [-0.3, -0.25) is 0 Å². The van der Waals surface area contributed by atoms with Crippen LogP contribution in [0.2, 0.25) is 0 Å². The Morgan fingerprint density at radius 2 is 2.00 bits per heavy atom. The van der Waals surface area contributed by atoms with E-state index in [0.717, 1.165) is 10.9 Å². The average molecular weight is 321 g/mol. The summed E-state index contributed by atoms with van der Waals surface area (Å²) in [7, 11) is 0. The van der Waals surface area contributed by atoms with E-state index in [4.69, 9.17) is 16.3 Å². The molecule has 6 heteroatoms. The molecule has 20 heavy (non-hydrogen) atoms. The molecule has 0 unspecified atom stereocenters. The van der Waals surface area contributed by atoms with Gasteiger partial charge in [-0.1, -0.05) is 12.1 Å². The molecule has 1 aromatic carbocycles. The number of alkyl halides is 4. The molecule has 0 fully saturated rings. The lowest BCUT2D eigenvalue weighted by Crippen LogP contribution is -2.10. The maximum absolute atomic E-state index is 12.9. The van der Waals surface area contributed by atoms with Gasteiger partial charge in [0.2, 0.25) is 0 Å². The van der Waals surface area contributed by atoms with Crippen molar-refractivity contribution in [3.05, 3.63) is 51.7 Å². The van der Waals surface area contributed by atoms with Crippen molar-refractivity contribution >= 4 is 22.9 Å². The monoisotopic (exact) mass is 320 g/mol. The normalized spacial score (nSPS) is 11.6. The third-order valence-electron chi connectivity index (χ3n) is 2.69. The van der Waals surface area contributed by atoms with Crippen LogP contribution in [0.15, 0.2) is 35.7 Å². The minimum absolute atomic E-state index is 0.0402. The first-order valence-electron chi connectivity index (χ1n) is 5.92. The Hall–Kier alpha value is -1.20. The second-order valence-corrected chi connectivity index (χ2v) is 5.44. The predicted molar refractivity (Wildman–Crippen MR) is 74.5 cm³/mol. The SMILES string of the molecule is FC(F)(F)c1cc(CCl)ccc1OCCc1cccs1. The van der Waals surface area contributed by atoms with Gasteiger partial charge in [-0.05, 0) is 29.1 Å². The molecular weight excluding hydrogens is 309 g/mol. The zero-order chi connectivity index (χ0) is 14.6. The standard InChI is InChI=1S/C14H12ClF3OS/c15-9-10-3-4-13(12(8-10)14(16,17)18)19-6-5-11-2-1-7-20-11/h1-4,7-8H,5-6,9H2. The van der Waals surface area contributed by atoms with E-state index in [0.29, 0.717) is 12.0 Å². The third-order valence-corrected chi connectivity index (χ3v) is 3.93. The van der Waals surface area contributed by atoms with Crippen LogP contribution in [0.1, 0.15) is 16.0 Å². The van der Waals surface area contributed by atoms with Gasteiger partial charge >= 0.3 is 6.18 Å². The summed E-state index contributed by atoms with van der Waals surface area (Å²) in [5.74, 6) is -0.110. The Bertz CT molecular complexity index is 552. The zero-order valence-corrected chi connectivity index (χ0v) is 12.0. The zero-order valence-electron chi connectivity index (χ0n) is 10.4. The van der Waals surface area contributed by atoms with Crippen LogP contribution < -0.4 is 4.74 Å². The van der Waals surface area contributed by atoms with Crippen LogP contribution in [-0.2, 0) is 18.5 Å². The van der Waals surface area contributed by atoms with E-state index in [1.165, 1.54) is 6.07 Å². The van der Waals surface area contributed by atoms with E-state index in [1.54, 1.807) is 17.4 Å². The van der Waals surface area contributed by atoms with Crippen molar-refractivity contribution < 1.29 is 17.9 Å². The smallest absolute Gasteiger partial charge is 0.419 e. The van der Waals surface area contributed by atoms with Crippen LogP contribution in [0.4, 0.5) is 13.2 Å². The van der Waals surface area contributed by atoms with Crippen LogP contribution in [-0.4, -0.2) is 6.61 Å². The van der Waals surface area contributed by atoms with Crippen LogP contribution in [0, 0.1) is 0 Å². The Morgan fingerprint density at radius 3 is 2.60 bits per heavy atom. The van der Waals surface area contributed by atoms with Gasteiger partial charge in [0.05, 0.1) is 12.2 Å². The molecule has 0 atom stereocenters. The van der Waals surface area contributed by atoms with E-state index in [9.17, 15) is 13.2 Å². The van der Waals surface area contributed by atoms with Crippen molar-refractivity contribution in [2.75, 3.05) is 6.61 Å². The second kappa shape index (κ2) is 6.50. The number of thiophene rings is 1. The minimum Gasteiger partial charge on any atom is -0.493 e. The first kappa shape index (κ1) is 15.2. The first-order valence-corrected chi connectivity index (χ1v) is 7.33. The summed E-state index contributed by atoms with van der Waals surface area (Å²) >= 11 is 7.12. The van der Waals surface area contributed by atoms with Crippen molar-refractivity contribution in [2.45, 2.75) is 18.5 Å². The number of hydrogen-bond donors (Lipinski definition) is 0. The predicted octanol–water partition coefficient (Wildman–Crippen LogP) is 5.13. The Kier molecular flexibility index (Phi) is 4.94. The Labute approximate surface area is 124 Å². The lowest BCUT2D eigenvalue weighted by Gasteiger charge is -2.14. The number of hydrogen-bond acceptors (Lipinski definition) is 2. The molecule has 0 saturated heterocycles. The summed E-state index contributed by atoms with van der Waals surface area (Å²) in [5, 5.41) is 1.92. The molecule has 0 spiro atoms. The summed E-state index contributed by atoms with van der Waals surface area (Å²) in [6, 6.07) is 7.73. The third kappa shape index (κ3) is 3.90. The summed E-state index contributed by atoms with van der Waals surface area (Å²) in [5.41, 5.74) is -0.355. The van der Waals surface area contributed by atoms with Gasteiger partial charge in [0, 0.05) is 17.2 Å². The van der Waals surface area contributed by atoms with Crippen LogP contribution in [0.5, 0.6) is 5.75 Å². The molecule has 1 aromatic heterocycles. The molecule has 1 nitrogen and oxygen atoms in total. The lowest BCUT2D eigenvalue weighted by molar-refractivity contribution is -0.139. The highest BCUT2D eigenvalue weighted by atomic mass is 35.5. The highest BCUT2D eigenvalue weighted by Gasteiger charge is 2.34. The minimum atomic E-state index is -4.44. The van der Waals surface area contributed by atoms with Gasteiger partial charge in [-0.25, -0.2) is 0 Å². The van der Waals surface area contributed by atoms with Gasteiger partial charge in [-0.2, -0.15) is 13.2 Å². The second-order valence-electron chi connectivity index (χ2n) is 4.14. The van der Waals surface area contributed by atoms with E-state index in [1.807, 2.05) is 17.5 Å². The van der Waals surface area contributed by atoms with E-state index >= 15 is 0 Å². The molecule has 0 radical (unpaired) electrons. The Balaban J connectivity index is 2.10. The van der Waals surface area contributed by atoms with Crippen LogP contribution in [0.25, 0.3) is 0 Å². The molecule has 2 rings (SSSR count). The van der Waals surface area contributed by atoms with Crippen molar-refractivity contribution in [2.24, 2.45) is 0 Å². The Morgan fingerprint density at radius 1 is 1.20 bits per heavy atom. The van der Waals surface area contributed by atoms with Crippen LogP contribution >= 0.6 is 22.9 Å². The fourth-order valence-corrected chi connectivity index (χ4v) is 2.58. The molecule has 1 heterocycles. The van der Waals surface area contributed by atoms with Gasteiger partial charge < -0.3 is 4.74 Å². The van der Waals surface area contributed by atoms with Gasteiger partial charge in [-0.15, -0.1) is 22.9 Å². The number of benzene rings is 1. The molecule has 0 N–H and O–H groups in total. The molecule has 0 aliphatic rings. The summed E-state index contributed by atoms with van der Waals surface area (Å²) in [4.78, 5) is 1.08. The highest BCUT2D eigenvalue weighted by Crippen LogP contribution is 2.37. The van der Waals surface area contributed by atoms with E-state index < -0.39 is 11.7 Å². The summed E-state index contributed by atoms with van der Waals surface area (Å²) in [6.45, 7) is 0.212. The lowest BCUT2D eigenvalue weighted by atomic mass is 10.1. The molecule has 0 amide bonds. The number of ether oxygens (including phenoxy) is 1. The van der Waals surface area contributed by atoms with E-state index in [-0.39, 0.29) is 18.2 Å². The quantitative estimate of drug-likeness (QED) is 0.694. The summed E-state index contributed by atoms with van der Waals surface area (Å²) < 4.78 is 44.1. The van der Waals surface area contributed by atoms with Crippen LogP contribution in [0.3, 0.4) is 0 Å². The molecule has 0 bridgehead atoms. The maximum atomic E-state index is 12.9. The highest BCUT2D eigenvalue weighted by molar-refractivity contribution is 7.09. The van der Waals surface area contributed by atoms with E-state index in [2.05, 4.69) is 0 Å². The largest absolute Gasteiger partial charge is 0.493 e. The van der Waals surface area contributed by atoms with Gasteiger partial charge in [0.25, 0.3) is 0 Å². The van der Waals surface area contributed by atoms with Crippen molar-refractivity contribution in [3.63, 3.8) is 0 Å². The average Bonchev–Trinajstić information content (AvgIpc) is 2.91. The molecule has 0 aliphatic carbocycles. The summed E-state index contributed by atoms with van der Waals surface area (Å²) in [6.07, 6.45) is -3.85. The maximum Gasteiger partial charge on any atom is 0.419 e. The van der Waals surface area contributed by atoms with Gasteiger partial charge in [0.15, 0.2) is 0 Å². The molecule has 108 valence electrons. The molecule has 0 saturated carbocycles. The van der Waals surface area contributed by atoms with Gasteiger partial charge in [0.1, 0.15) is 5.75 Å². The fraction of sp³-hybridized carbons (Fsp3) is 0.286.